The van der Waals surface area contributed by atoms with Gasteiger partial charge in [-0.2, -0.15) is 0 Å². The minimum absolute atomic E-state index is 0. The first kappa shape index (κ1) is 12.2. The van der Waals surface area contributed by atoms with Crippen molar-refractivity contribution in [1.82, 2.24) is 10.4 Å². The maximum absolute atomic E-state index is 3.96. The van der Waals surface area contributed by atoms with E-state index in [4.69, 9.17) is 0 Å². The van der Waals surface area contributed by atoms with Gasteiger partial charge in [-0.3, -0.25) is 10.4 Å². The van der Waals surface area contributed by atoms with E-state index in [2.05, 4.69) is 15.8 Å². The zero-order chi connectivity index (χ0) is 8.81. The Morgan fingerprint density at radius 3 is 2.77 bits per heavy atom. The normalized spacial score (nSPS) is 10.6. The largest absolute Gasteiger partial charge is 0.308 e. The summed E-state index contributed by atoms with van der Waals surface area (Å²) in [7, 11) is 0. The van der Waals surface area contributed by atoms with Crippen LogP contribution in [0.25, 0.3) is 6.08 Å². The Bertz CT molecular complexity index is 273. The Labute approximate surface area is 95.6 Å². The smallest absolute Gasteiger partial charge is 0.0795 e. The number of aromatic nitrogens is 1. The highest BCUT2D eigenvalue weighted by Crippen LogP contribution is 2.15. The highest BCUT2D eigenvalue weighted by atomic mass is 127. The van der Waals surface area contributed by atoms with E-state index in [9.17, 15) is 0 Å². The second-order valence-electron chi connectivity index (χ2n) is 2.07. The molecule has 0 unspecified atom stereocenters. The lowest BCUT2D eigenvalue weighted by Crippen LogP contribution is -2.17. The predicted octanol–water partition coefficient (Wildman–Crippen LogP) is 2.63. The van der Waals surface area contributed by atoms with Crippen LogP contribution in [-0.2, 0) is 0 Å². The summed E-state index contributed by atoms with van der Waals surface area (Å²) in [6.45, 7) is 4.00. The summed E-state index contributed by atoms with van der Waals surface area (Å²) in [5, 5.41) is 0. The fraction of sp³-hybridized carbons (Fsp3) is 0.222. The Balaban J connectivity index is 0.000000451. The van der Waals surface area contributed by atoms with Crippen molar-refractivity contribution in [1.29, 1.82) is 0 Å². The van der Waals surface area contributed by atoms with Gasteiger partial charge in [-0.1, -0.05) is 13.8 Å². The fourth-order valence-electron chi connectivity index (χ4n) is 0.906. The third-order valence-corrected chi connectivity index (χ3v) is 1.41. The third kappa shape index (κ3) is 3.22. The molecule has 0 radical (unpaired) electrons. The molecule has 0 atom stereocenters. The molecule has 3 nitrogen and oxygen atoms in total. The molecule has 2 heterocycles. The molecule has 0 spiro atoms. The molecule has 0 saturated heterocycles. The monoisotopic (exact) mass is 291 g/mol. The lowest BCUT2D eigenvalue weighted by molar-refractivity contribution is 1.04. The van der Waals surface area contributed by atoms with Crippen LogP contribution >= 0.6 is 24.0 Å². The van der Waals surface area contributed by atoms with Gasteiger partial charge in [-0.15, -0.1) is 24.0 Å². The number of hydrogen-bond acceptors (Lipinski definition) is 3. The zero-order valence-electron chi connectivity index (χ0n) is 7.74. The first-order chi connectivity index (χ1) is 5.97. The number of anilines is 1. The maximum atomic E-state index is 3.96. The molecule has 1 aliphatic heterocycles. The summed E-state index contributed by atoms with van der Waals surface area (Å²) in [6.07, 6.45) is 7.40. The molecule has 1 aromatic heterocycles. The van der Waals surface area contributed by atoms with Crippen LogP contribution in [0.1, 0.15) is 19.4 Å². The molecule has 72 valence electrons. The Morgan fingerprint density at radius 1 is 1.31 bits per heavy atom. The number of hydrazine groups is 1. The minimum Gasteiger partial charge on any atom is -0.308 e. The highest BCUT2D eigenvalue weighted by molar-refractivity contribution is 14.0. The van der Waals surface area contributed by atoms with Gasteiger partial charge in [-0.05, 0) is 12.1 Å². The number of rotatable bonds is 0. The van der Waals surface area contributed by atoms with Crippen LogP contribution in [0.5, 0.6) is 0 Å². The Kier molecular flexibility index (Phi) is 6.30. The molecule has 0 aliphatic carbocycles. The molecular weight excluding hydrogens is 277 g/mol. The quantitative estimate of drug-likeness (QED) is 0.722. The van der Waals surface area contributed by atoms with E-state index in [1.54, 1.807) is 12.4 Å². The van der Waals surface area contributed by atoms with Gasteiger partial charge in [0.2, 0.25) is 0 Å². The molecule has 0 aromatic carbocycles. The topological polar surface area (TPSA) is 37.0 Å². The molecule has 0 saturated carbocycles. The first-order valence-corrected chi connectivity index (χ1v) is 4.09. The molecule has 1 aromatic rings. The van der Waals surface area contributed by atoms with Crippen molar-refractivity contribution in [3.8, 4) is 0 Å². The summed E-state index contributed by atoms with van der Waals surface area (Å²) in [6, 6.07) is 1.96. The van der Waals surface area contributed by atoms with E-state index < -0.39 is 0 Å². The zero-order valence-corrected chi connectivity index (χ0v) is 10.1. The van der Waals surface area contributed by atoms with Crippen molar-refractivity contribution in [3.05, 3.63) is 30.2 Å². The van der Waals surface area contributed by atoms with Crippen LogP contribution in [0.4, 0.5) is 5.69 Å². The van der Waals surface area contributed by atoms with Crippen molar-refractivity contribution in [2.24, 2.45) is 0 Å². The molecule has 2 rings (SSSR count). The van der Waals surface area contributed by atoms with E-state index in [0.717, 1.165) is 11.3 Å². The summed E-state index contributed by atoms with van der Waals surface area (Å²) >= 11 is 0. The molecule has 0 amide bonds. The summed E-state index contributed by atoms with van der Waals surface area (Å²) in [5.41, 5.74) is 8.01. The SMILES string of the molecule is C1=Cc2ccncc2NN1.CC.I. The van der Waals surface area contributed by atoms with Gasteiger partial charge in [0, 0.05) is 18.0 Å². The molecule has 4 heteroatoms. The number of pyridine rings is 1. The second kappa shape index (κ2) is 6.71. The highest BCUT2D eigenvalue weighted by Gasteiger charge is 1.99. The average Bonchev–Trinajstić information content (AvgIpc) is 2.21. The molecule has 1 aliphatic rings. The van der Waals surface area contributed by atoms with Gasteiger partial charge in [0.1, 0.15) is 0 Å². The average molecular weight is 291 g/mol. The maximum Gasteiger partial charge on any atom is 0.0795 e. The number of halogens is 1. The molecular formula is C9H14IN3. The first-order valence-electron chi connectivity index (χ1n) is 4.09. The van der Waals surface area contributed by atoms with Crippen molar-refractivity contribution in [2.75, 3.05) is 5.43 Å². The van der Waals surface area contributed by atoms with Gasteiger partial charge in [0.25, 0.3) is 0 Å². The van der Waals surface area contributed by atoms with Crippen molar-refractivity contribution < 1.29 is 0 Å². The third-order valence-electron chi connectivity index (χ3n) is 1.41. The van der Waals surface area contributed by atoms with Crippen LogP contribution in [0.15, 0.2) is 24.7 Å². The van der Waals surface area contributed by atoms with Crippen LogP contribution in [0, 0.1) is 0 Å². The molecule has 2 N–H and O–H groups in total. The number of nitrogens with one attached hydrogen (secondary N) is 2. The van der Waals surface area contributed by atoms with Crippen molar-refractivity contribution in [2.45, 2.75) is 13.8 Å². The van der Waals surface area contributed by atoms with Gasteiger partial charge in [0.05, 0.1) is 11.9 Å². The summed E-state index contributed by atoms with van der Waals surface area (Å²) in [5.74, 6) is 0. The number of fused-ring (bicyclic) bond motifs is 1. The van der Waals surface area contributed by atoms with E-state index in [0.29, 0.717) is 0 Å². The Hall–Kier alpha value is -0.780. The number of nitrogens with zero attached hydrogens (tertiary/aromatic N) is 1. The van der Waals surface area contributed by atoms with E-state index in [1.165, 1.54) is 0 Å². The van der Waals surface area contributed by atoms with Crippen LogP contribution < -0.4 is 10.9 Å². The minimum atomic E-state index is 0. The van der Waals surface area contributed by atoms with Crippen LogP contribution in [-0.4, -0.2) is 4.98 Å². The van der Waals surface area contributed by atoms with E-state index in [-0.39, 0.29) is 24.0 Å². The summed E-state index contributed by atoms with van der Waals surface area (Å²) < 4.78 is 0. The van der Waals surface area contributed by atoms with Gasteiger partial charge >= 0.3 is 0 Å². The van der Waals surface area contributed by atoms with Gasteiger partial charge < -0.3 is 5.43 Å². The van der Waals surface area contributed by atoms with Crippen LogP contribution in [0.2, 0.25) is 0 Å². The standard InChI is InChI=1S/C7H7N3.C2H6.HI/c1-3-8-5-7-6(1)2-4-9-10-7;1-2;/h1-5,9-10H;1-2H3;1H. The van der Waals surface area contributed by atoms with Crippen molar-refractivity contribution in [3.63, 3.8) is 0 Å². The fourth-order valence-corrected chi connectivity index (χ4v) is 0.906. The van der Waals surface area contributed by atoms with Crippen molar-refractivity contribution >= 4 is 35.7 Å². The van der Waals surface area contributed by atoms with E-state index in [1.807, 2.05) is 32.2 Å². The lowest BCUT2D eigenvalue weighted by atomic mass is 10.2. The second-order valence-corrected chi connectivity index (χ2v) is 2.07. The predicted molar refractivity (Wildman–Crippen MR) is 66.8 cm³/mol. The molecule has 0 bridgehead atoms. The number of hydrogen-bond donors (Lipinski definition) is 2. The summed E-state index contributed by atoms with van der Waals surface area (Å²) in [4.78, 5) is 3.96. The molecule has 13 heavy (non-hydrogen) atoms. The van der Waals surface area contributed by atoms with Gasteiger partial charge in [-0.25, -0.2) is 0 Å². The van der Waals surface area contributed by atoms with Crippen LogP contribution in [0.3, 0.4) is 0 Å². The molecule has 0 fully saturated rings. The van der Waals surface area contributed by atoms with E-state index >= 15 is 0 Å². The van der Waals surface area contributed by atoms with Gasteiger partial charge in [0.15, 0.2) is 0 Å². The Morgan fingerprint density at radius 2 is 2.08 bits per heavy atom. The lowest BCUT2D eigenvalue weighted by Gasteiger charge is -2.12.